The lowest BCUT2D eigenvalue weighted by Crippen LogP contribution is -2.13. The number of amides is 1. The zero-order chi connectivity index (χ0) is 17.5. The van der Waals surface area contributed by atoms with E-state index >= 15 is 0 Å². The number of benzene rings is 2. The molecule has 0 aliphatic heterocycles. The molecule has 0 saturated heterocycles. The Hall–Kier alpha value is -2.48. The van der Waals surface area contributed by atoms with Gasteiger partial charge in [0.1, 0.15) is 17.4 Å². The van der Waals surface area contributed by atoms with Crippen LogP contribution >= 0.6 is 23.2 Å². The number of nitrogens with zero attached hydrogens (tertiary/aromatic N) is 1. The highest BCUT2D eigenvalue weighted by Gasteiger charge is 2.12. The number of ether oxygens (including phenoxy) is 1. The molecule has 24 heavy (non-hydrogen) atoms. The van der Waals surface area contributed by atoms with Crippen molar-refractivity contribution in [1.29, 1.82) is 5.26 Å². The first-order valence-corrected chi connectivity index (χ1v) is 7.90. The second-order valence-corrected chi connectivity index (χ2v) is 5.63. The molecule has 1 amide bonds. The fourth-order valence-corrected chi connectivity index (χ4v) is 2.54. The molecule has 0 aliphatic carbocycles. The molecule has 0 radical (unpaired) electrons. The van der Waals surface area contributed by atoms with E-state index in [1.807, 2.05) is 19.1 Å². The summed E-state index contributed by atoms with van der Waals surface area (Å²) in [5, 5.41) is 12.7. The van der Waals surface area contributed by atoms with Gasteiger partial charge in [-0.25, -0.2) is 0 Å². The van der Waals surface area contributed by atoms with Gasteiger partial charge in [-0.3, -0.25) is 4.79 Å². The van der Waals surface area contributed by atoms with Crippen molar-refractivity contribution in [2.45, 2.75) is 6.92 Å². The quantitative estimate of drug-likeness (QED) is 0.606. The van der Waals surface area contributed by atoms with E-state index in [1.165, 1.54) is 6.08 Å². The monoisotopic (exact) mass is 360 g/mol. The van der Waals surface area contributed by atoms with Crippen LogP contribution in [0.1, 0.15) is 12.5 Å². The fourth-order valence-electron chi connectivity index (χ4n) is 2.02. The van der Waals surface area contributed by atoms with E-state index in [0.717, 1.165) is 0 Å². The molecular formula is C18H14Cl2N2O2. The van der Waals surface area contributed by atoms with E-state index in [9.17, 15) is 10.1 Å². The third-order valence-electron chi connectivity index (χ3n) is 3.00. The molecule has 2 aromatic rings. The van der Waals surface area contributed by atoms with E-state index in [4.69, 9.17) is 27.9 Å². The van der Waals surface area contributed by atoms with Crippen molar-refractivity contribution in [3.8, 4) is 11.8 Å². The smallest absolute Gasteiger partial charge is 0.266 e. The predicted octanol–water partition coefficient (Wildman–Crippen LogP) is 4.94. The lowest BCUT2D eigenvalue weighted by atomic mass is 10.1. The van der Waals surface area contributed by atoms with Gasteiger partial charge >= 0.3 is 0 Å². The number of carbonyl (C=O) groups is 1. The van der Waals surface area contributed by atoms with Gasteiger partial charge in [-0.05, 0) is 37.3 Å². The maximum Gasteiger partial charge on any atom is 0.266 e. The molecule has 0 unspecified atom stereocenters. The zero-order valence-electron chi connectivity index (χ0n) is 12.8. The Morgan fingerprint density at radius 3 is 2.54 bits per heavy atom. The van der Waals surface area contributed by atoms with Gasteiger partial charge in [0, 0.05) is 21.3 Å². The van der Waals surface area contributed by atoms with Crippen molar-refractivity contribution in [3.63, 3.8) is 0 Å². The van der Waals surface area contributed by atoms with Crippen LogP contribution in [0.5, 0.6) is 5.75 Å². The molecule has 4 nitrogen and oxygen atoms in total. The van der Waals surface area contributed by atoms with Crippen LogP contribution in [0.4, 0.5) is 5.69 Å². The summed E-state index contributed by atoms with van der Waals surface area (Å²) in [4.78, 5) is 12.3. The normalized spacial score (nSPS) is 10.8. The van der Waals surface area contributed by atoms with Crippen LogP contribution < -0.4 is 10.1 Å². The molecule has 0 fully saturated rings. The van der Waals surface area contributed by atoms with Crippen LogP contribution in [-0.2, 0) is 4.79 Å². The van der Waals surface area contributed by atoms with Crippen LogP contribution in [0, 0.1) is 11.3 Å². The summed E-state index contributed by atoms with van der Waals surface area (Å²) in [6.07, 6.45) is 1.48. The number of nitrogens with one attached hydrogen (secondary N) is 1. The van der Waals surface area contributed by atoms with Crippen molar-refractivity contribution in [1.82, 2.24) is 0 Å². The Labute approximate surface area is 150 Å². The van der Waals surface area contributed by atoms with Crippen LogP contribution in [-0.4, -0.2) is 12.5 Å². The molecule has 2 aromatic carbocycles. The molecule has 0 atom stereocenters. The van der Waals surface area contributed by atoms with Gasteiger partial charge in [-0.15, -0.1) is 0 Å². The minimum Gasteiger partial charge on any atom is -0.493 e. The second kappa shape index (κ2) is 8.39. The number of rotatable bonds is 5. The topological polar surface area (TPSA) is 62.1 Å². The van der Waals surface area contributed by atoms with Crippen molar-refractivity contribution >= 4 is 40.9 Å². The highest BCUT2D eigenvalue weighted by atomic mass is 35.5. The molecule has 0 saturated carbocycles. The van der Waals surface area contributed by atoms with Crippen LogP contribution in [0.2, 0.25) is 10.0 Å². The number of halogens is 2. The number of anilines is 1. The molecule has 2 rings (SSSR count). The summed E-state index contributed by atoms with van der Waals surface area (Å²) in [5.74, 6) is 0.0495. The number of nitriles is 1. The van der Waals surface area contributed by atoms with Gasteiger partial charge < -0.3 is 10.1 Å². The molecule has 6 heteroatoms. The first-order valence-electron chi connectivity index (χ1n) is 7.14. The summed E-state index contributed by atoms with van der Waals surface area (Å²) in [7, 11) is 0. The predicted molar refractivity (Wildman–Crippen MR) is 96.3 cm³/mol. The van der Waals surface area contributed by atoms with Gasteiger partial charge in [0.05, 0.1) is 6.61 Å². The minimum absolute atomic E-state index is 0.0572. The standard InChI is InChI=1S/C18H14Cl2N2O2/c1-2-24-17-6-4-3-5-12(17)7-13(11-21)18(23)22-16-9-14(19)8-15(20)10-16/h3-10H,2H2,1H3,(H,22,23). The van der Waals surface area contributed by atoms with Gasteiger partial charge in [0.2, 0.25) is 0 Å². The molecular weight excluding hydrogens is 347 g/mol. The second-order valence-electron chi connectivity index (χ2n) is 4.75. The molecule has 0 heterocycles. The third-order valence-corrected chi connectivity index (χ3v) is 3.44. The summed E-state index contributed by atoms with van der Waals surface area (Å²) in [6, 6.07) is 13.7. The Balaban J connectivity index is 2.28. The lowest BCUT2D eigenvalue weighted by molar-refractivity contribution is -0.112. The van der Waals surface area contributed by atoms with Gasteiger partial charge in [-0.1, -0.05) is 41.4 Å². The molecule has 1 N–H and O–H groups in total. The number of carbonyl (C=O) groups excluding carboxylic acids is 1. The fraction of sp³-hybridized carbons (Fsp3) is 0.111. The largest absolute Gasteiger partial charge is 0.493 e. The molecule has 122 valence electrons. The Bertz CT molecular complexity index is 806. The summed E-state index contributed by atoms with van der Waals surface area (Å²) in [6.45, 7) is 2.35. The molecule has 0 bridgehead atoms. The summed E-state index contributed by atoms with van der Waals surface area (Å²) < 4.78 is 5.49. The van der Waals surface area contributed by atoms with E-state index < -0.39 is 5.91 Å². The number of hydrogen-bond donors (Lipinski definition) is 1. The summed E-state index contributed by atoms with van der Waals surface area (Å²) in [5.41, 5.74) is 1.00. The highest BCUT2D eigenvalue weighted by Crippen LogP contribution is 2.24. The van der Waals surface area contributed by atoms with Crippen molar-refractivity contribution in [2.24, 2.45) is 0 Å². The van der Waals surface area contributed by atoms with Crippen molar-refractivity contribution in [2.75, 3.05) is 11.9 Å². The van der Waals surface area contributed by atoms with Crippen molar-refractivity contribution in [3.05, 3.63) is 63.6 Å². The molecule has 0 aromatic heterocycles. The molecule has 0 spiro atoms. The average molecular weight is 361 g/mol. The highest BCUT2D eigenvalue weighted by molar-refractivity contribution is 6.35. The van der Waals surface area contributed by atoms with Gasteiger partial charge in [0.15, 0.2) is 0 Å². The van der Waals surface area contributed by atoms with Crippen molar-refractivity contribution < 1.29 is 9.53 Å². The van der Waals surface area contributed by atoms with E-state index in [2.05, 4.69) is 5.32 Å². The Morgan fingerprint density at radius 2 is 1.92 bits per heavy atom. The van der Waals surface area contributed by atoms with Crippen LogP contribution in [0.25, 0.3) is 6.08 Å². The number of para-hydroxylation sites is 1. The maximum absolute atomic E-state index is 12.3. The third kappa shape index (κ3) is 4.76. The van der Waals surface area contributed by atoms with Gasteiger partial charge in [0.25, 0.3) is 5.91 Å². The Kier molecular flexibility index (Phi) is 6.25. The summed E-state index contributed by atoms with van der Waals surface area (Å²) >= 11 is 11.8. The Morgan fingerprint density at radius 1 is 1.25 bits per heavy atom. The lowest BCUT2D eigenvalue weighted by Gasteiger charge is -2.08. The maximum atomic E-state index is 12.3. The molecule has 0 aliphatic rings. The zero-order valence-corrected chi connectivity index (χ0v) is 14.4. The van der Waals surface area contributed by atoms with E-state index in [-0.39, 0.29) is 5.57 Å². The van der Waals surface area contributed by atoms with Crippen LogP contribution in [0.15, 0.2) is 48.0 Å². The minimum atomic E-state index is -0.554. The number of hydrogen-bond acceptors (Lipinski definition) is 3. The van der Waals surface area contributed by atoms with E-state index in [1.54, 1.807) is 36.4 Å². The van der Waals surface area contributed by atoms with Crippen LogP contribution in [0.3, 0.4) is 0 Å². The first kappa shape index (κ1) is 17.9. The van der Waals surface area contributed by atoms with Gasteiger partial charge in [-0.2, -0.15) is 5.26 Å². The SMILES string of the molecule is CCOc1ccccc1C=C(C#N)C(=O)Nc1cc(Cl)cc(Cl)c1. The van der Waals surface area contributed by atoms with E-state index in [0.29, 0.717) is 33.7 Å². The first-order chi connectivity index (χ1) is 11.5. The average Bonchev–Trinajstić information content (AvgIpc) is 2.53.